The Morgan fingerprint density at radius 1 is 1.00 bits per heavy atom. The van der Waals surface area contributed by atoms with Crippen LogP contribution in [0.4, 0.5) is 17.1 Å². The minimum Gasteiger partial charge on any atom is -0.375 e. The van der Waals surface area contributed by atoms with Gasteiger partial charge < -0.3 is 10.6 Å². The van der Waals surface area contributed by atoms with Crippen molar-refractivity contribution in [3.05, 3.63) is 93.8 Å². The minimum absolute atomic E-state index is 0.161. The third kappa shape index (κ3) is 5.01. The third-order valence-corrected chi connectivity index (χ3v) is 4.24. The maximum atomic E-state index is 12.3. The van der Waals surface area contributed by atoms with Crippen LogP contribution in [0.25, 0.3) is 0 Å². The van der Waals surface area contributed by atoms with Crippen LogP contribution >= 0.6 is 0 Å². The molecule has 0 atom stereocenters. The van der Waals surface area contributed by atoms with Crippen LogP contribution in [0.1, 0.15) is 33.2 Å². The summed E-state index contributed by atoms with van der Waals surface area (Å²) in [5, 5.41) is 17.1. The zero-order valence-electron chi connectivity index (χ0n) is 15.6. The van der Waals surface area contributed by atoms with Crippen LogP contribution in [-0.2, 0) is 6.54 Å². The van der Waals surface area contributed by atoms with Gasteiger partial charge in [-0.2, -0.15) is 0 Å². The summed E-state index contributed by atoms with van der Waals surface area (Å²) in [6.07, 6.45) is 3.18. The van der Waals surface area contributed by atoms with Gasteiger partial charge in [-0.25, -0.2) is 0 Å². The van der Waals surface area contributed by atoms with E-state index in [1.807, 2.05) is 0 Å². The van der Waals surface area contributed by atoms with Crippen molar-refractivity contribution in [3.63, 3.8) is 0 Å². The van der Waals surface area contributed by atoms with Crippen LogP contribution in [0.5, 0.6) is 0 Å². The maximum Gasteiger partial charge on any atom is 0.293 e. The lowest BCUT2D eigenvalue weighted by atomic mass is 10.1. The van der Waals surface area contributed by atoms with Crippen molar-refractivity contribution in [1.82, 2.24) is 4.98 Å². The first-order valence-electron chi connectivity index (χ1n) is 8.77. The summed E-state index contributed by atoms with van der Waals surface area (Å²) in [7, 11) is 0. The summed E-state index contributed by atoms with van der Waals surface area (Å²) in [4.78, 5) is 38.3. The number of aromatic nitrogens is 1. The molecule has 0 saturated heterocycles. The number of nitrogens with zero attached hydrogens (tertiary/aromatic N) is 2. The lowest BCUT2D eigenvalue weighted by Gasteiger charge is -2.09. The largest absolute Gasteiger partial charge is 0.375 e. The molecule has 3 rings (SSSR count). The number of anilines is 2. The Kier molecular flexibility index (Phi) is 5.94. The molecule has 146 valence electrons. The topological polar surface area (TPSA) is 114 Å². The lowest BCUT2D eigenvalue weighted by Crippen LogP contribution is -2.12. The van der Waals surface area contributed by atoms with Gasteiger partial charge in [-0.15, -0.1) is 0 Å². The first kappa shape index (κ1) is 19.7. The zero-order valence-corrected chi connectivity index (χ0v) is 15.6. The number of benzene rings is 2. The molecular weight excluding hydrogens is 372 g/mol. The van der Waals surface area contributed by atoms with Gasteiger partial charge in [0.2, 0.25) is 0 Å². The lowest BCUT2D eigenvalue weighted by molar-refractivity contribution is -0.384. The smallest absolute Gasteiger partial charge is 0.293 e. The second-order valence-corrected chi connectivity index (χ2v) is 6.29. The highest BCUT2D eigenvalue weighted by atomic mass is 16.6. The predicted molar refractivity (Wildman–Crippen MR) is 109 cm³/mol. The summed E-state index contributed by atoms with van der Waals surface area (Å²) in [6, 6.07) is 14.6. The molecule has 0 spiro atoms. The van der Waals surface area contributed by atoms with Gasteiger partial charge in [0.05, 0.1) is 4.92 Å². The normalized spacial score (nSPS) is 10.2. The van der Waals surface area contributed by atoms with Gasteiger partial charge in [0.25, 0.3) is 11.6 Å². The molecular formula is C21H18N4O4. The van der Waals surface area contributed by atoms with Gasteiger partial charge in [-0.05, 0) is 48.9 Å². The summed E-state index contributed by atoms with van der Waals surface area (Å²) in [5.41, 5.74) is 2.42. The Morgan fingerprint density at radius 2 is 1.66 bits per heavy atom. The first-order valence-corrected chi connectivity index (χ1v) is 8.77. The number of hydrogen-bond acceptors (Lipinski definition) is 6. The van der Waals surface area contributed by atoms with Crippen molar-refractivity contribution in [2.24, 2.45) is 0 Å². The fourth-order valence-electron chi connectivity index (χ4n) is 2.66. The molecule has 3 aromatic rings. The Labute approximate surface area is 166 Å². The van der Waals surface area contributed by atoms with E-state index >= 15 is 0 Å². The number of nitro benzene ring substituents is 1. The minimum atomic E-state index is -0.526. The molecule has 8 nitrogen and oxygen atoms in total. The molecule has 0 aliphatic carbocycles. The number of hydrogen-bond donors (Lipinski definition) is 2. The van der Waals surface area contributed by atoms with Crippen LogP contribution in [-0.4, -0.2) is 21.6 Å². The number of nitro groups is 1. The number of ketones is 1. The zero-order chi connectivity index (χ0) is 20.8. The van der Waals surface area contributed by atoms with Crippen molar-refractivity contribution >= 4 is 28.8 Å². The fraction of sp³-hybridized carbons (Fsp3) is 0.0952. The van der Waals surface area contributed by atoms with E-state index in [1.54, 1.807) is 54.9 Å². The molecule has 0 radical (unpaired) electrons. The van der Waals surface area contributed by atoms with Gasteiger partial charge in [-0.3, -0.25) is 24.7 Å². The molecule has 8 heteroatoms. The quantitative estimate of drug-likeness (QED) is 0.357. The highest BCUT2D eigenvalue weighted by Gasteiger charge is 2.16. The Morgan fingerprint density at radius 3 is 2.28 bits per heavy atom. The molecule has 0 aliphatic heterocycles. The summed E-state index contributed by atoms with van der Waals surface area (Å²) in [6.45, 7) is 1.69. The predicted octanol–water partition coefficient (Wildman–Crippen LogP) is 4.06. The van der Waals surface area contributed by atoms with E-state index in [4.69, 9.17) is 0 Å². The van der Waals surface area contributed by atoms with E-state index in [-0.39, 0.29) is 22.9 Å². The van der Waals surface area contributed by atoms with Crippen LogP contribution < -0.4 is 10.6 Å². The van der Waals surface area contributed by atoms with Crippen LogP contribution in [0, 0.1) is 10.1 Å². The number of carbonyl (C=O) groups is 2. The Balaban J connectivity index is 1.67. The van der Waals surface area contributed by atoms with Gasteiger partial charge in [0.15, 0.2) is 5.78 Å². The molecule has 1 heterocycles. The van der Waals surface area contributed by atoms with Crippen LogP contribution in [0.2, 0.25) is 0 Å². The molecule has 0 aliphatic rings. The number of Topliss-reactive ketones (excluding diaryl/α,β-unsaturated/α-hetero) is 1. The van der Waals surface area contributed by atoms with Crippen LogP contribution in [0.15, 0.2) is 67.0 Å². The molecule has 1 amide bonds. The van der Waals surface area contributed by atoms with E-state index in [0.717, 1.165) is 5.56 Å². The number of pyridine rings is 1. The average Bonchev–Trinajstić information content (AvgIpc) is 2.73. The maximum absolute atomic E-state index is 12.3. The highest BCUT2D eigenvalue weighted by Crippen LogP contribution is 2.26. The molecule has 0 bridgehead atoms. The molecule has 1 aromatic heterocycles. The summed E-state index contributed by atoms with van der Waals surface area (Å²) >= 11 is 0. The van der Waals surface area contributed by atoms with Crippen molar-refractivity contribution < 1.29 is 14.5 Å². The Bertz CT molecular complexity index is 1050. The van der Waals surface area contributed by atoms with Crippen molar-refractivity contribution in [2.45, 2.75) is 13.5 Å². The highest BCUT2D eigenvalue weighted by molar-refractivity contribution is 6.04. The fourth-order valence-corrected chi connectivity index (χ4v) is 2.66. The number of rotatable bonds is 7. The number of nitrogens with one attached hydrogen (secondary N) is 2. The number of carbonyl (C=O) groups excluding carboxylic acids is 2. The van der Waals surface area contributed by atoms with E-state index in [2.05, 4.69) is 15.6 Å². The molecule has 0 unspecified atom stereocenters. The standard InChI is InChI=1S/C21H18N4O4/c1-14(26)17-6-7-19(20(12-17)25(28)29)23-13-15-2-4-16(5-3-15)21(27)24-18-8-10-22-11-9-18/h2-12,23H,13H2,1H3,(H,22,24,27). The molecule has 2 aromatic carbocycles. The van der Waals surface area contributed by atoms with Crippen molar-refractivity contribution in [1.29, 1.82) is 0 Å². The average molecular weight is 390 g/mol. The second-order valence-electron chi connectivity index (χ2n) is 6.29. The molecule has 0 fully saturated rings. The number of amides is 1. The molecule has 2 N–H and O–H groups in total. The van der Waals surface area contributed by atoms with Gasteiger partial charge in [0, 0.05) is 41.8 Å². The van der Waals surface area contributed by atoms with E-state index < -0.39 is 4.92 Å². The van der Waals surface area contributed by atoms with Crippen molar-refractivity contribution in [2.75, 3.05) is 10.6 Å². The van der Waals surface area contributed by atoms with E-state index in [0.29, 0.717) is 23.5 Å². The van der Waals surface area contributed by atoms with E-state index in [9.17, 15) is 19.7 Å². The summed E-state index contributed by atoms with van der Waals surface area (Å²) < 4.78 is 0. The van der Waals surface area contributed by atoms with E-state index in [1.165, 1.54) is 19.1 Å². The van der Waals surface area contributed by atoms with Gasteiger partial charge in [-0.1, -0.05) is 12.1 Å². The van der Waals surface area contributed by atoms with Crippen LogP contribution in [0.3, 0.4) is 0 Å². The molecule has 0 saturated carbocycles. The SMILES string of the molecule is CC(=O)c1ccc(NCc2ccc(C(=O)Nc3ccncc3)cc2)c([N+](=O)[O-])c1. The molecule has 29 heavy (non-hydrogen) atoms. The third-order valence-electron chi connectivity index (χ3n) is 4.24. The Hall–Kier alpha value is -4.07. The van der Waals surface area contributed by atoms with Gasteiger partial charge >= 0.3 is 0 Å². The first-order chi connectivity index (χ1) is 13.9. The van der Waals surface area contributed by atoms with Gasteiger partial charge in [0.1, 0.15) is 5.69 Å². The summed E-state index contributed by atoms with van der Waals surface area (Å²) in [5.74, 6) is -0.480. The monoisotopic (exact) mass is 390 g/mol. The second kappa shape index (κ2) is 8.75. The van der Waals surface area contributed by atoms with Crippen molar-refractivity contribution in [3.8, 4) is 0 Å².